The van der Waals surface area contributed by atoms with Gasteiger partial charge in [-0.15, -0.1) is 11.3 Å². The second-order valence-corrected chi connectivity index (χ2v) is 7.44. The Bertz CT molecular complexity index is 772. The number of nitrogens with zero attached hydrogens (tertiary/aromatic N) is 1. The van der Waals surface area contributed by atoms with Crippen LogP contribution in [0.3, 0.4) is 0 Å². The van der Waals surface area contributed by atoms with Crippen molar-refractivity contribution in [2.75, 3.05) is 51.8 Å². The monoisotopic (exact) mass is 393 g/mol. The highest BCUT2D eigenvalue weighted by Crippen LogP contribution is 2.36. The fourth-order valence-electron chi connectivity index (χ4n) is 2.89. The summed E-state index contributed by atoms with van der Waals surface area (Å²) >= 11 is 6.82. The van der Waals surface area contributed by atoms with Crippen LogP contribution < -0.4 is 10.6 Å². The highest BCUT2D eigenvalue weighted by atomic mass is 32.1. The van der Waals surface area contributed by atoms with E-state index in [0.717, 1.165) is 55.9 Å². The molecule has 1 aromatic heterocycles. The quantitative estimate of drug-likeness (QED) is 0.444. The number of ether oxygens (including phenoxy) is 2. The number of carbonyl (C=O) groups is 1. The molecule has 0 spiro atoms. The smallest absolute Gasteiger partial charge is 0.350 e. The van der Waals surface area contributed by atoms with Gasteiger partial charge in [-0.25, -0.2) is 4.79 Å². The molecule has 2 aromatic rings. The topological polar surface area (TPSA) is 62.8 Å². The summed E-state index contributed by atoms with van der Waals surface area (Å²) in [6.45, 7) is 5.41. The molecule has 0 bridgehead atoms. The molecule has 0 amide bonds. The number of fused-ring (bicyclic) bond motifs is 1. The maximum absolute atomic E-state index is 12.1. The number of esters is 1. The first-order valence-electron chi connectivity index (χ1n) is 8.64. The molecule has 8 heteroatoms. The molecule has 0 unspecified atom stereocenters. The van der Waals surface area contributed by atoms with Crippen LogP contribution in [0, 0.1) is 0 Å². The maximum atomic E-state index is 12.1. The largest absolute Gasteiger partial charge is 0.465 e. The van der Waals surface area contributed by atoms with E-state index < -0.39 is 0 Å². The molecule has 0 saturated carbocycles. The molecule has 6 nitrogen and oxygen atoms in total. The Kier molecular flexibility index (Phi) is 6.79. The van der Waals surface area contributed by atoms with Crippen molar-refractivity contribution in [3.63, 3.8) is 0 Å². The van der Waals surface area contributed by atoms with Crippen LogP contribution in [0.5, 0.6) is 0 Å². The van der Waals surface area contributed by atoms with Crippen LogP contribution in [0.15, 0.2) is 24.3 Å². The lowest BCUT2D eigenvalue weighted by Gasteiger charge is -2.26. The predicted octanol–water partition coefficient (Wildman–Crippen LogP) is 2.70. The van der Waals surface area contributed by atoms with Gasteiger partial charge in [0.15, 0.2) is 5.11 Å². The van der Waals surface area contributed by atoms with Gasteiger partial charge in [0.05, 0.1) is 26.0 Å². The number of rotatable bonds is 6. The molecule has 2 N–H and O–H groups in total. The van der Waals surface area contributed by atoms with E-state index in [9.17, 15) is 4.79 Å². The Morgan fingerprint density at radius 1 is 1.35 bits per heavy atom. The molecule has 0 radical (unpaired) electrons. The minimum Gasteiger partial charge on any atom is -0.465 e. The van der Waals surface area contributed by atoms with Crippen molar-refractivity contribution in [3.8, 4) is 0 Å². The van der Waals surface area contributed by atoms with Crippen LogP contribution in [-0.2, 0) is 9.47 Å². The number of thiophene rings is 1. The Morgan fingerprint density at radius 3 is 2.88 bits per heavy atom. The summed E-state index contributed by atoms with van der Waals surface area (Å²) in [4.78, 5) is 15.0. The van der Waals surface area contributed by atoms with E-state index in [4.69, 9.17) is 21.7 Å². The zero-order chi connectivity index (χ0) is 18.4. The molecule has 0 aliphatic carbocycles. The molecular formula is C18H23N3O3S2. The van der Waals surface area contributed by atoms with E-state index in [1.165, 1.54) is 18.4 Å². The van der Waals surface area contributed by atoms with E-state index >= 15 is 0 Å². The second-order valence-electron chi connectivity index (χ2n) is 5.98. The van der Waals surface area contributed by atoms with Crippen LogP contribution in [-0.4, -0.2) is 62.5 Å². The second kappa shape index (κ2) is 9.27. The molecular weight excluding hydrogens is 370 g/mol. The third kappa shape index (κ3) is 4.70. The van der Waals surface area contributed by atoms with Crippen molar-refractivity contribution >= 4 is 50.4 Å². The summed E-state index contributed by atoms with van der Waals surface area (Å²) < 4.78 is 11.3. The van der Waals surface area contributed by atoms with Crippen LogP contribution >= 0.6 is 23.6 Å². The van der Waals surface area contributed by atoms with Crippen molar-refractivity contribution in [1.82, 2.24) is 10.2 Å². The lowest BCUT2D eigenvalue weighted by molar-refractivity contribution is 0.0376. The SMILES string of the molecule is COC(=O)c1sc2ccccc2c1NC(=S)NCCCN1CCOCC1. The van der Waals surface area contributed by atoms with E-state index in [-0.39, 0.29) is 5.97 Å². The number of benzene rings is 1. The number of nitrogens with one attached hydrogen (secondary N) is 2. The molecule has 3 rings (SSSR count). The Morgan fingerprint density at radius 2 is 2.12 bits per heavy atom. The van der Waals surface area contributed by atoms with E-state index in [1.54, 1.807) is 0 Å². The van der Waals surface area contributed by atoms with Gasteiger partial charge in [0.2, 0.25) is 0 Å². The summed E-state index contributed by atoms with van der Waals surface area (Å²) in [5, 5.41) is 7.89. The Balaban J connectivity index is 1.57. The number of hydrogen-bond donors (Lipinski definition) is 2. The highest BCUT2D eigenvalue weighted by molar-refractivity contribution is 7.80. The minimum atomic E-state index is -0.358. The first-order valence-corrected chi connectivity index (χ1v) is 9.86. The predicted molar refractivity (Wildman–Crippen MR) is 109 cm³/mol. The molecule has 1 aliphatic heterocycles. The first kappa shape index (κ1) is 19.0. The van der Waals surface area contributed by atoms with Gasteiger partial charge in [-0.3, -0.25) is 4.90 Å². The third-order valence-corrected chi connectivity index (χ3v) is 5.64. The summed E-state index contributed by atoms with van der Waals surface area (Å²) in [5.74, 6) is -0.358. The molecule has 1 fully saturated rings. The average Bonchev–Trinajstić information content (AvgIpc) is 3.04. The summed E-state index contributed by atoms with van der Waals surface area (Å²) in [7, 11) is 1.39. The lowest BCUT2D eigenvalue weighted by Crippen LogP contribution is -2.38. The summed E-state index contributed by atoms with van der Waals surface area (Å²) in [6.07, 6.45) is 0.996. The van der Waals surface area contributed by atoms with Crippen LogP contribution in [0.1, 0.15) is 16.1 Å². The first-order chi connectivity index (χ1) is 12.7. The summed E-state index contributed by atoms with van der Waals surface area (Å²) in [6, 6.07) is 7.85. The van der Waals surface area contributed by atoms with Crippen LogP contribution in [0.25, 0.3) is 10.1 Å². The van der Waals surface area contributed by atoms with Gasteiger partial charge in [-0.1, -0.05) is 18.2 Å². The Labute approximate surface area is 162 Å². The van der Waals surface area contributed by atoms with Crippen molar-refractivity contribution in [2.45, 2.75) is 6.42 Å². The van der Waals surface area contributed by atoms with Gasteiger partial charge in [0, 0.05) is 29.7 Å². The minimum absolute atomic E-state index is 0.358. The van der Waals surface area contributed by atoms with Gasteiger partial charge in [0.25, 0.3) is 0 Å². The van der Waals surface area contributed by atoms with Crippen LogP contribution in [0.4, 0.5) is 5.69 Å². The van der Waals surface area contributed by atoms with E-state index in [2.05, 4.69) is 15.5 Å². The van der Waals surface area contributed by atoms with Crippen molar-refractivity contribution in [2.24, 2.45) is 0 Å². The number of hydrogen-bond acceptors (Lipinski definition) is 6. The number of morpholine rings is 1. The van der Waals surface area contributed by atoms with Gasteiger partial charge in [-0.05, 0) is 31.2 Å². The van der Waals surface area contributed by atoms with Gasteiger partial charge in [0.1, 0.15) is 4.88 Å². The number of carbonyl (C=O) groups excluding carboxylic acids is 1. The lowest BCUT2D eigenvalue weighted by atomic mass is 10.2. The van der Waals surface area contributed by atoms with E-state index in [1.807, 2.05) is 24.3 Å². The average molecular weight is 394 g/mol. The number of methoxy groups -OCH3 is 1. The normalized spacial score (nSPS) is 15.0. The fourth-order valence-corrected chi connectivity index (χ4v) is 4.17. The zero-order valence-electron chi connectivity index (χ0n) is 14.7. The van der Waals surface area contributed by atoms with Crippen molar-refractivity contribution < 1.29 is 14.3 Å². The standard InChI is InChI=1S/C18H23N3O3S2/c1-23-17(22)16-15(13-5-2-3-6-14(13)26-16)20-18(25)19-7-4-8-21-9-11-24-12-10-21/h2-3,5-6H,4,7-12H2,1H3,(H2,19,20,25). The number of anilines is 1. The highest BCUT2D eigenvalue weighted by Gasteiger charge is 2.19. The van der Waals surface area contributed by atoms with Gasteiger partial charge in [-0.2, -0.15) is 0 Å². The molecule has 0 atom stereocenters. The van der Waals surface area contributed by atoms with Crippen LogP contribution in [0.2, 0.25) is 0 Å². The van der Waals surface area contributed by atoms with E-state index in [0.29, 0.717) is 15.7 Å². The molecule has 140 valence electrons. The maximum Gasteiger partial charge on any atom is 0.350 e. The molecule has 26 heavy (non-hydrogen) atoms. The molecule has 2 heterocycles. The van der Waals surface area contributed by atoms with Crippen molar-refractivity contribution in [1.29, 1.82) is 0 Å². The van der Waals surface area contributed by atoms with Gasteiger partial charge < -0.3 is 20.1 Å². The molecule has 1 saturated heterocycles. The molecule has 1 aliphatic rings. The molecule has 1 aromatic carbocycles. The fraction of sp³-hybridized carbons (Fsp3) is 0.444. The van der Waals surface area contributed by atoms with Gasteiger partial charge >= 0.3 is 5.97 Å². The Hall–Kier alpha value is -1.74. The summed E-state index contributed by atoms with van der Waals surface area (Å²) in [5.41, 5.74) is 0.711. The van der Waals surface area contributed by atoms with Crippen molar-refractivity contribution in [3.05, 3.63) is 29.1 Å². The number of thiocarbonyl (C=S) groups is 1. The zero-order valence-corrected chi connectivity index (χ0v) is 16.4. The third-order valence-electron chi connectivity index (χ3n) is 4.25.